The van der Waals surface area contributed by atoms with Crippen molar-refractivity contribution in [3.05, 3.63) is 0 Å². The number of hydrogen-bond acceptors (Lipinski definition) is 2. The Hall–Kier alpha value is 0.0274. The molecule has 0 spiro atoms. The van der Waals surface area contributed by atoms with Gasteiger partial charge in [-0.25, -0.2) is 0 Å². The fraction of sp³-hybridized carbons (Fsp3) is 0.833. The van der Waals surface area contributed by atoms with Crippen molar-refractivity contribution in [2.75, 3.05) is 33.2 Å². The Bertz CT molecular complexity index is 132. The Balaban J connectivity index is 2.33. The Kier molecular flexibility index (Phi) is 2.79. The van der Waals surface area contributed by atoms with Crippen LogP contribution in [0, 0.1) is 0 Å². The molecule has 1 fully saturated rings. The summed E-state index contributed by atoms with van der Waals surface area (Å²) in [6.07, 6.45) is 0. The molecule has 1 aliphatic rings. The van der Waals surface area contributed by atoms with Gasteiger partial charge >= 0.3 is 70.1 Å². The van der Waals surface area contributed by atoms with E-state index in [0.717, 1.165) is 26.2 Å². The Labute approximate surface area is 70.6 Å². The van der Waals surface area contributed by atoms with Gasteiger partial charge in [0.1, 0.15) is 0 Å². The molecule has 0 N–H and O–H groups in total. The summed E-state index contributed by atoms with van der Waals surface area (Å²) in [5.74, 6) is 0. The van der Waals surface area contributed by atoms with Gasteiger partial charge in [-0.15, -0.1) is 0 Å². The maximum absolute atomic E-state index is 10.8. The maximum atomic E-state index is 10.8. The predicted octanol–water partition coefficient (Wildman–Crippen LogP) is -0.478. The number of nitrogens with zero attached hydrogens (tertiary/aromatic N) is 2. The summed E-state index contributed by atoms with van der Waals surface area (Å²) in [5, 5.41) is 0. The molecule has 1 aliphatic heterocycles. The van der Waals surface area contributed by atoms with Crippen LogP contribution in [0.25, 0.3) is 0 Å². The number of rotatable bonds is 0. The molecule has 52 valence electrons. The predicted molar refractivity (Wildman–Crippen MR) is 40.2 cm³/mol. The number of amides is 1. The van der Waals surface area contributed by atoms with Crippen molar-refractivity contribution in [1.29, 1.82) is 0 Å². The molecule has 0 aromatic rings. The van der Waals surface area contributed by atoms with Crippen molar-refractivity contribution < 1.29 is 4.79 Å². The second-order valence-electron chi connectivity index (χ2n) is 2.81. The van der Waals surface area contributed by atoms with Gasteiger partial charge in [0.05, 0.1) is 0 Å². The van der Waals surface area contributed by atoms with Gasteiger partial charge in [-0.05, 0) is 0 Å². The molecule has 0 atom stereocenters. The van der Waals surface area contributed by atoms with Crippen molar-refractivity contribution in [1.82, 2.24) is 9.80 Å². The molecule has 1 amide bonds. The van der Waals surface area contributed by atoms with E-state index < -0.39 is 0 Å². The van der Waals surface area contributed by atoms with Crippen LogP contribution in [0.3, 0.4) is 0 Å². The number of piperazine rings is 1. The number of carbonyl (C=O) groups excluding carboxylic acids is 1. The Morgan fingerprint density at radius 2 is 1.80 bits per heavy atom. The summed E-state index contributed by atoms with van der Waals surface area (Å²) in [7, 11) is 2.08. The van der Waals surface area contributed by atoms with Gasteiger partial charge in [-0.1, -0.05) is 0 Å². The van der Waals surface area contributed by atoms with Gasteiger partial charge in [0.2, 0.25) is 0 Å². The summed E-state index contributed by atoms with van der Waals surface area (Å²) in [6, 6.07) is 0. The first kappa shape index (κ1) is 8.13. The van der Waals surface area contributed by atoms with E-state index in [0.29, 0.717) is 0 Å². The average molecular weight is 134 g/mol. The van der Waals surface area contributed by atoms with Gasteiger partial charge in [0.15, 0.2) is 0 Å². The van der Waals surface area contributed by atoms with Gasteiger partial charge in [0.25, 0.3) is 0 Å². The monoisotopic (exact) mass is 134 g/mol. The van der Waals surface area contributed by atoms with E-state index in [4.69, 9.17) is 0 Å². The molecule has 1 rings (SSSR count). The summed E-state index contributed by atoms with van der Waals surface area (Å²) in [6.45, 7) is 3.82. The van der Waals surface area contributed by atoms with Gasteiger partial charge in [-0.3, -0.25) is 0 Å². The van der Waals surface area contributed by atoms with Crippen LogP contribution in [0.4, 0.5) is 4.79 Å². The number of hydrogen-bond donors (Lipinski definition) is 0. The summed E-state index contributed by atoms with van der Waals surface area (Å²) < 4.78 is 0.202. The van der Waals surface area contributed by atoms with E-state index in [9.17, 15) is 4.79 Å². The van der Waals surface area contributed by atoms with E-state index in [1.807, 2.05) is 4.90 Å². The molecular weight excluding hydrogens is 123 g/mol. The third kappa shape index (κ3) is 2.01. The van der Waals surface area contributed by atoms with Crippen molar-refractivity contribution in [3.8, 4) is 0 Å². The molecule has 0 aromatic carbocycles. The van der Waals surface area contributed by atoms with Crippen LogP contribution in [-0.4, -0.2) is 65.3 Å². The van der Waals surface area contributed by atoms with Crippen LogP contribution in [0.5, 0.6) is 0 Å². The first-order valence-electron chi connectivity index (χ1n) is 3.64. The Morgan fingerprint density at radius 1 is 1.30 bits per heavy atom. The topological polar surface area (TPSA) is 23.6 Å². The second-order valence-corrected chi connectivity index (χ2v) is 2.81. The molecule has 4 heteroatoms. The standard InChI is InChI=1S/C6H11N2O.Li/c1-7-2-4-8(6-9)5-3-7;/h2-5H2,1H3;. The van der Waals surface area contributed by atoms with Gasteiger partial charge in [-0.2, -0.15) is 0 Å². The summed E-state index contributed by atoms with van der Waals surface area (Å²) in [4.78, 5) is 14.9. The zero-order chi connectivity index (χ0) is 7.56. The fourth-order valence-electron chi connectivity index (χ4n) is 1.12. The van der Waals surface area contributed by atoms with Crippen molar-refractivity contribution in [2.24, 2.45) is 0 Å². The summed E-state index contributed by atoms with van der Waals surface area (Å²) >= 11 is 1.63. The van der Waals surface area contributed by atoms with Crippen molar-refractivity contribution in [2.45, 2.75) is 0 Å². The third-order valence-electron chi connectivity index (χ3n) is 1.95. The third-order valence-corrected chi connectivity index (χ3v) is 1.95. The van der Waals surface area contributed by atoms with Crippen LogP contribution >= 0.6 is 0 Å². The molecule has 10 heavy (non-hydrogen) atoms. The zero-order valence-corrected chi connectivity index (χ0v) is 6.63. The van der Waals surface area contributed by atoms with Crippen LogP contribution in [-0.2, 0) is 0 Å². The molecule has 1 saturated heterocycles. The fourth-order valence-corrected chi connectivity index (χ4v) is 1.12. The van der Waals surface area contributed by atoms with Crippen LogP contribution < -0.4 is 0 Å². The molecule has 0 radical (unpaired) electrons. The van der Waals surface area contributed by atoms with Crippen LogP contribution in [0.2, 0.25) is 0 Å². The molecule has 0 aliphatic carbocycles. The molecule has 0 bridgehead atoms. The number of carbonyl (C=O) groups is 1. The molecule has 1 heterocycles. The van der Waals surface area contributed by atoms with Crippen LogP contribution in [0.1, 0.15) is 0 Å². The average Bonchev–Trinajstić information content (AvgIpc) is 1.88. The van der Waals surface area contributed by atoms with Crippen molar-refractivity contribution >= 4 is 22.3 Å². The van der Waals surface area contributed by atoms with E-state index >= 15 is 0 Å². The summed E-state index contributed by atoms with van der Waals surface area (Å²) in [5.41, 5.74) is 0. The van der Waals surface area contributed by atoms with E-state index in [2.05, 4.69) is 11.9 Å². The first-order valence-corrected chi connectivity index (χ1v) is 3.64. The van der Waals surface area contributed by atoms with Gasteiger partial charge in [0, 0.05) is 0 Å². The Morgan fingerprint density at radius 3 is 2.20 bits per heavy atom. The van der Waals surface area contributed by atoms with Crippen LogP contribution in [0.15, 0.2) is 0 Å². The molecule has 0 aromatic heterocycles. The minimum absolute atomic E-state index is 0.202. The zero-order valence-electron chi connectivity index (χ0n) is 6.63. The normalized spacial score (nSPS) is 21.3. The van der Waals surface area contributed by atoms with E-state index in [-0.39, 0.29) is 4.58 Å². The minimum atomic E-state index is 0.202. The van der Waals surface area contributed by atoms with Gasteiger partial charge < -0.3 is 0 Å². The molecular formula is C6H11LiN2O. The van der Waals surface area contributed by atoms with E-state index in [1.54, 1.807) is 17.7 Å². The van der Waals surface area contributed by atoms with E-state index in [1.165, 1.54) is 0 Å². The quantitative estimate of drug-likeness (QED) is 0.418. The number of likely N-dealkylation sites (N-methyl/N-ethyl adjacent to an activating group) is 1. The molecule has 0 saturated carbocycles. The second kappa shape index (κ2) is 3.43. The first-order chi connectivity index (χ1) is 4.70. The van der Waals surface area contributed by atoms with Crippen molar-refractivity contribution in [3.63, 3.8) is 0 Å². The SMILES string of the molecule is [Li][C](=O)N1CCN(C)CC1. The molecule has 3 nitrogen and oxygen atoms in total. The molecule has 0 unspecified atom stereocenters.